The van der Waals surface area contributed by atoms with Crippen molar-refractivity contribution in [2.75, 3.05) is 70.5 Å². The summed E-state index contributed by atoms with van der Waals surface area (Å²) in [6.07, 6.45) is -2.53. The van der Waals surface area contributed by atoms with Gasteiger partial charge in [0.15, 0.2) is 5.82 Å². The zero-order valence-corrected chi connectivity index (χ0v) is 16.3. The van der Waals surface area contributed by atoms with Crippen LogP contribution in [0.5, 0.6) is 0 Å². The Morgan fingerprint density at radius 2 is 1.45 bits per heavy atom. The molecule has 2 saturated heterocycles. The van der Waals surface area contributed by atoms with Crippen LogP contribution >= 0.6 is 0 Å². The second-order valence-electron chi connectivity index (χ2n) is 7.45. The molecule has 0 amide bonds. The molecule has 29 heavy (non-hydrogen) atoms. The molecular weight excluding hydrogens is 383 g/mol. The van der Waals surface area contributed by atoms with Gasteiger partial charge in [-0.3, -0.25) is 9.80 Å². The fourth-order valence-electron chi connectivity index (χ4n) is 3.74. The topological polar surface area (TPSA) is 36.8 Å². The summed E-state index contributed by atoms with van der Waals surface area (Å²) in [5.41, 5.74) is -0.0322. The lowest BCUT2D eigenvalue weighted by atomic mass is 10.2. The highest BCUT2D eigenvalue weighted by Crippen LogP contribution is 2.29. The average Bonchev–Trinajstić information content (AvgIpc) is 3.23. The van der Waals surface area contributed by atoms with Crippen molar-refractivity contribution in [1.29, 1.82) is 0 Å². The molecule has 4 rings (SSSR count). The van der Waals surface area contributed by atoms with Crippen LogP contribution in [-0.2, 0) is 10.9 Å². The van der Waals surface area contributed by atoms with E-state index in [0.717, 1.165) is 83.5 Å². The van der Waals surface area contributed by atoms with Gasteiger partial charge >= 0.3 is 6.18 Å². The standard InChI is InChI=1S/C20H26F3N5O/c21-20(22,23)17-1-3-18(4-2-17)28-6-5-19(24-28)27-11-9-25(10-12-27)7-8-26-13-15-29-16-14-26/h1-6H,7-16H2. The third-order valence-corrected chi connectivity index (χ3v) is 5.57. The van der Waals surface area contributed by atoms with Gasteiger partial charge in [0.1, 0.15) is 0 Å². The van der Waals surface area contributed by atoms with Crippen LogP contribution in [0.15, 0.2) is 36.5 Å². The first kappa shape index (κ1) is 20.2. The highest BCUT2D eigenvalue weighted by Gasteiger charge is 2.30. The maximum Gasteiger partial charge on any atom is 0.416 e. The van der Waals surface area contributed by atoms with E-state index in [2.05, 4.69) is 19.8 Å². The lowest BCUT2D eigenvalue weighted by molar-refractivity contribution is -0.137. The van der Waals surface area contributed by atoms with Gasteiger partial charge in [-0.05, 0) is 24.3 Å². The lowest BCUT2D eigenvalue weighted by Gasteiger charge is -2.36. The quantitative estimate of drug-likeness (QED) is 0.758. The summed E-state index contributed by atoms with van der Waals surface area (Å²) in [6.45, 7) is 9.59. The number of aromatic nitrogens is 2. The Balaban J connectivity index is 1.29. The number of nitrogens with zero attached hydrogens (tertiary/aromatic N) is 5. The number of halogens is 3. The molecule has 1 aromatic carbocycles. The molecule has 6 nitrogen and oxygen atoms in total. The van der Waals surface area contributed by atoms with E-state index in [-0.39, 0.29) is 0 Å². The zero-order valence-electron chi connectivity index (χ0n) is 16.3. The van der Waals surface area contributed by atoms with Gasteiger partial charge in [-0.25, -0.2) is 4.68 Å². The lowest BCUT2D eigenvalue weighted by Crippen LogP contribution is -2.49. The second-order valence-corrected chi connectivity index (χ2v) is 7.45. The minimum absolute atomic E-state index is 0.619. The minimum atomic E-state index is -4.32. The van der Waals surface area contributed by atoms with Crippen LogP contribution in [0.1, 0.15) is 5.56 Å². The minimum Gasteiger partial charge on any atom is -0.379 e. The van der Waals surface area contributed by atoms with Gasteiger partial charge in [-0.1, -0.05) is 0 Å². The molecule has 2 aromatic rings. The monoisotopic (exact) mass is 409 g/mol. The molecule has 0 N–H and O–H groups in total. The van der Waals surface area contributed by atoms with Crippen LogP contribution in [0.3, 0.4) is 0 Å². The number of hydrogen-bond acceptors (Lipinski definition) is 5. The van der Waals surface area contributed by atoms with Crippen LogP contribution in [0.25, 0.3) is 5.69 Å². The second kappa shape index (κ2) is 8.73. The summed E-state index contributed by atoms with van der Waals surface area (Å²) in [6, 6.07) is 6.99. The number of ether oxygens (including phenoxy) is 1. The van der Waals surface area contributed by atoms with Gasteiger partial charge < -0.3 is 9.64 Å². The smallest absolute Gasteiger partial charge is 0.379 e. The van der Waals surface area contributed by atoms with Crippen molar-refractivity contribution in [2.24, 2.45) is 0 Å². The highest BCUT2D eigenvalue weighted by atomic mass is 19.4. The van der Waals surface area contributed by atoms with Gasteiger partial charge in [0.25, 0.3) is 0 Å². The fourth-order valence-corrected chi connectivity index (χ4v) is 3.74. The Hall–Kier alpha value is -2.10. The molecule has 0 unspecified atom stereocenters. The number of hydrogen-bond donors (Lipinski definition) is 0. The van der Waals surface area contributed by atoms with Crippen molar-refractivity contribution in [3.63, 3.8) is 0 Å². The van der Waals surface area contributed by atoms with Gasteiger partial charge in [0.2, 0.25) is 0 Å². The van der Waals surface area contributed by atoms with Crippen LogP contribution in [0.4, 0.5) is 19.0 Å². The first-order valence-corrected chi connectivity index (χ1v) is 10.00. The molecule has 2 aliphatic rings. The van der Waals surface area contributed by atoms with Crippen LogP contribution < -0.4 is 4.90 Å². The first-order chi connectivity index (χ1) is 14.0. The summed E-state index contributed by atoms with van der Waals surface area (Å²) in [5, 5.41) is 4.56. The Bertz CT molecular complexity index is 778. The fraction of sp³-hybridized carbons (Fsp3) is 0.550. The summed E-state index contributed by atoms with van der Waals surface area (Å²) in [5.74, 6) is 0.859. The maximum absolute atomic E-state index is 12.7. The van der Waals surface area contributed by atoms with Crippen molar-refractivity contribution >= 4 is 5.82 Å². The Morgan fingerprint density at radius 3 is 2.07 bits per heavy atom. The van der Waals surface area contributed by atoms with E-state index in [4.69, 9.17) is 4.74 Å². The van der Waals surface area contributed by atoms with E-state index in [0.29, 0.717) is 5.69 Å². The average molecular weight is 409 g/mol. The maximum atomic E-state index is 12.7. The molecular formula is C20H26F3N5O. The molecule has 2 aliphatic heterocycles. The summed E-state index contributed by atoms with van der Waals surface area (Å²) in [4.78, 5) is 7.15. The van der Waals surface area contributed by atoms with Crippen LogP contribution in [-0.4, -0.2) is 85.2 Å². The number of benzene rings is 1. The Kier molecular flexibility index (Phi) is 6.07. The van der Waals surface area contributed by atoms with Gasteiger partial charge in [-0.2, -0.15) is 18.3 Å². The SMILES string of the molecule is FC(F)(F)c1ccc(-n2ccc(N3CCN(CCN4CCOCC4)CC3)n2)cc1. The van der Waals surface area contributed by atoms with Crippen molar-refractivity contribution < 1.29 is 17.9 Å². The largest absolute Gasteiger partial charge is 0.416 e. The molecule has 3 heterocycles. The number of anilines is 1. The summed E-state index contributed by atoms with van der Waals surface area (Å²) in [7, 11) is 0. The van der Waals surface area contributed by atoms with Crippen molar-refractivity contribution in [3.05, 3.63) is 42.1 Å². The van der Waals surface area contributed by atoms with Crippen molar-refractivity contribution in [2.45, 2.75) is 6.18 Å². The Labute approximate surface area is 168 Å². The van der Waals surface area contributed by atoms with Gasteiger partial charge in [-0.15, -0.1) is 0 Å². The van der Waals surface area contributed by atoms with Crippen molar-refractivity contribution in [1.82, 2.24) is 19.6 Å². The molecule has 0 aliphatic carbocycles. The number of alkyl halides is 3. The molecule has 0 saturated carbocycles. The predicted molar refractivity (Wildman–Crippen MR) is 104 cm³/mol. The van der Waals surface area contributed by atoms with E-state index in [1.807, 2.05) is 6.07 Å². The van der Waals surface area contributed by atoms with E-state index in [1.54, 1.807) is 10.9 Å². The van der Waals surface area contributed by atoms with Gasteiger partial charge in [0, 0.05) is 64.6 Å². The molecule has 0 atom stereocenters. The van der Waals surface area contributed by atoms with Crippen LogP contribution in [0.2, 0.25) is 0 Å². The van der Waals surface area contributed by atoms with Gasteiger partial charge in [0.05, 0.1) is 24.5 Å². The summed E-state index contributed by atoms with van der Waals surface area (Å²) >= 11 is 0. The zero-order chi connectivity index (χ0) is 20.3. The van der Waals surface area contributed by atoms with Crippen molar-refractivity contribution in [3.8, 4) is 5.69 Å². The van der Waals surface area contributed by atoms with Crippen LogP contribution in [0, 0.1) is 0 Å². The molecule has 9 heteroatoms. The van der Waals surface area contributed by atoms with E-state index < -0.39 is 11.7 Å². The molecule has 0 spiro atoms. The molecule has 158 valence electrons. The van der Waals surface area contributed by atoms with E-state index in [9.17, 15) is 13.2 Å². The normalized spacial score (nSPS) is 19.6. The number of rotatable bonds is 5. The highest BCUT2D eigenvalue weighted by molar-refractivity contribution is 5.42. The molecule has 1 aromatic heterocycles. The molecule has 0 radical (unpaired) electrons. The molecule has 2 fully saturated rings. The van der Waals surface area contributed by atoms with E-state index >= 15 is 0 Å². The number of piperazine rings is 1. The third-order valence-electron chi connectivity index (χ3n) is 5.57. The molecule has 0 bridgehead atoms. The Morgan fingerprint density at radius 1 is 0.828 bits per heavy atom. The number of morpholine rings is 1. The predicted octanol–water partition coefficient (Wildman–Crippen LogP) is 2.35. The summed E-state index contributed by atoms with van der Waals surface area (Å²) < 4.78 is 45.2. The first-order valence-electron chi connectivity index (χ1n) is 10.00. The third kappa shape index (κ3) is 5.09. The van der Waals surface area contributed by atoms with E-state index in [1.165, 1.54) is 12.1 Å².